The third-order valence-corrected chi connectivity index (χ3v) is 4.55. The van der Waals surface area contributed by atoms with Crippen molar-refractivity contribution in [2.75, 3.05) is 6.54 Å². The Balaban J connectivity index is 2.04. The summed E-state index contributed by atoms with van der Waals surface area (Å²) in [4.78, 5) is 1.36. The molecule has 19 heavy (non-hydrogen) atoms. The van der Waals surface area contributed by atoms with Crippen molar-refractivity contribution in [2.24, 2.45) is 5.73 Å². The van der Waals surface area contributed by atoms with E-state index in [0.29, 0.717) is 6.54 Å². The van der Waals surface area contributed by atoms with Gasteiger partial charge in [-0.2, -0.15) is 0 Å². The predicted molar refractivity (Wildman–Crippen MR) is 83.4 cm³/mol. The number of rotatable bonds is 7. The highest BCUT2D eigenvalue weighted by atomic mass is 32.1. The van der Waals surface area contributed by atoms with Gasteiger partial charge in [-0.25, -0.2) is 0 Å². The normalized spacial score (nSPS) is 14.2. The minimum atomic E-state index is -0.00859. The van der Waals surface area contributed by atoms with E-state index in [1.807, 2.05) is 0 Å². The number of thiophene rings is 1. The van der Waals surface area contributed by atoms with E-state index >= 15 is 0 Å². The minimum Gasteiger partial charge on any atom is -0.329 e. The molecule has 3 N–H and O–H groups in total. The van der Waals surface area contributed by atoms with Crippen LogP contribution >= 0.6 is 11.3 Å². The first-order valence-electron chi connectivity index (χ1n) is 6.79. The van der Waals surface area contributed by atoms with Gasteiger partial charge in [-0.3, -0.25) is 0 Å². The van der Waals surface area contributed by atoms with Crippen LogP contribution in [-0.2, 0) is 13.0 Å². The topological polar surface area (TPSA) is 38.0 Å². The van der Waals surface area contributed by atoms with E-state index in [1.165, 1.54) is 10.4 Å². The molecule has 0 radical (unpaired) electrons. The Hall–Kier alpha value is -1.16. The van der Waals surface area contributed by atoms with E-state index in [2.05, 4.69) is 60.1 Å². The molecule has 102 valence electrons. The molecular formula is C16H22N2S. The molecule has 0 aliphatic carbocycles. The molecule has 2 nitrogen and oxygen atoms in total. The van der Waals surface area contributed by atoms with Crippen LogP contribution in [-0.4, -0.2) is 12.1 Å². The molecule has 0 aliphatic rings. The Labute approximate surface area is 119 Å². The first-order chi connectivity index (χ1) is 9.28. The summed E-state index contributed by atoms with van der Waals surface area (Å²) >= 11 is 1.79. The lowest BCUT2D eigenvalue weighted by molar-refractivity contribution is 0.317. The zero-order valence-electron chi connectivity index (χ0n) is 11.4. The molecule has 0 saturated heterocycles. The van der Waals surface area contributed by atoms with Crippen LogP contribution in [0.4, 0.5) is 0 Å². The Morgan fingerprint density at radius 3 is 2.53 bits per heavy atom. The van der Waals surface area contributed by atoms with Crippen LogP contribution in [0, 0.1) is 0 Å². The number of benzene rings is 1. The zero-order valence-corrected chi connectivity index (χ0v) is 12.2. The van der Waals surface area contributed by atoms with Crippen LogP contribution in [0.25, 0.3) is 0 Å². The fourth-order valence-electron chi connectivity index (χ4n) is 2.28. The Bertz CT molecular complexity index is 461. The lowest BCUT2D eigenvalue weighted by Crippen LogP contribution is -2.52. The van der Waals surface area contributed by atoms with Crippen molar-refractivity contribution in [3.8, 4) is 0 Å². The van der Waals surface area contributed by atoms with Gasteiger partial charge >= 0.3 is 0 Å². The molecule has 2 aromatic rings. The second-order valence-electron chi connectivity index (χ2n) is 4.93. The van der Waals surface area contributed by atoms with Gasteiger partial charge in [0.05, 0.1) is 0 Å². The highest BCUT2D eigenvalue weighted by molar-refractivity contribution is 7.09. The predicted octanol–water partition coefficient (Wildman–Crippen LogP) is 3.19. The van der Waals surface area contributed by atoms with Gasteiger partial charge in [-0.15, -0.1) is 11.3 Å². The highest BCUT2D eigenvalue weighted by Gasteiger charge is 2.26. The summed E-state index contributed by atoms with van der Waals surface area (Å²) in [5.41, 5.74) is 7.38. The molecule has 3 heteroatoms. The number of nitrogens with one attached hydrogen (secondary N) is 1. The van der Waals surface area contributed by atoms with Gasteiger partial charge in [0.25, 0.3) is 0 Å². The molecule has 0 fully saturated rings. The van der Waals surface area contributed by atoms with Crippen molar-refractivity contribution in [1.82, 2.24) is 5.32 Å². The minimum absolute atomic E-state index is 0.00859. The van der Waals surface area contributed by atoms with Crippen LogP contribution < -0.4 is 11.1 Å². The third-order valence-electron chi connectivity index (χ3n) is 3.67. The van der Waals surface area contributed by atoms with E-state index in [9.17, 15) is 0 Å². The number of nitrogens with two attached hydrogens (primary N) is 1. The molecule has 0 amide bonds. The zero-order chi connectivity index (χ0) is 13.6. The second-order valence-corrected chi connectivity index (χ2v) is 5.97. The number of hydrogen-bond acceptors (Lipinski definition) is 3. The molecule has 2 rings (SSSR count). The van der Waals surface area contributed by atoms with Crippen molar-refractivity contribution < 1.29 is 0 Å². The quantitative estimate of drug-likeness (QED) is 0.814. The van der Waals surface area contributed by atoms with Gasteiger partial charge in [0.2, 0.25) is 0 Å². The standard InChI is InChI=1S/C16H22N2S/c1-2-16(13-17,11-14-7-4-3-5-8-14)18-12-15-9-6-10-19-15/h3-10,18H,2,11-13,17H2,1H3. The van der Waals surface area contributed by atoms with Gasteiger partial charge in [0.15, 0.2) is 0 Å². The van der Waals surface area contributed by atoms with Gasteiger partial charge in [-0.05, 0) is 29.9 Å². The SMILES string of the molecule is CCC(CN)(Cc1ccccc1)NCc1cccs1. The molecule has 1 aromatic heterocycles. The molecule has 0 aliphatic heterocycles. The summed E-state index contributed by atoms with van der Waals surface area (Å²) in [6.45, 7) is 3.76. The Kier molecular flexibility index (Phi) is 5.14. The third kappa shape index (κ3) is 3.90. The maximum atomic E-state index is 6.05. The molecule has 1 aromatic carbocycles. The van der Waals surface area contributed by atoms with Gasteiger partial charge in [0.1, 0.15) is 0 Å². The Morgan fingerprint density at radius 2 is 1.95 bits per heavy atom. The summed E-state index contributed by atoms with van der Waals surface area (Å²) in [6.07, 6.45) is 2.01. The molecular weight excluding hydrogens is 252 g/mol. The fourth-order valence-corrected chi connectivity index (χ4v) is 2.92. The van der Waals surface area contributed by atoms with Crippen molar-refractivity contribution in [3.63, 3.8) is 0 Å². The van der Waals surface area contributed by atoms with Gasteiger partial charge in [-0.1, -0.05) is 43.3 Å². The van der Waals surface area contributed by atoms with E-state index in [4.69, 9.17) is 5.73 Å². The van der Waals surface area contributed by atoms with Crippen LogP contribution in [0.15, 0.2) is 47.8 Å². The average molecular weight is 274 g/mol. The average Bonchev–Trinajstić information content (AvgIpc) is 2.98. The lowest BCUT2D eigenvalue weighted by atomic mass is 9.88. The largest absolute Gasteiger partial charge is 0.329 e. The van der Waals surface area contributed by atoms with E-state index in [1.54, 1.807) is 11.3 Å². The van der Waals surface area contributed by atoms with Crippen molar-refractivity contribution in [1.29, 1.82) is 0 Å². The van der Waals surface area contributed by atoms with Crippen molar-refractivity contribution in [3.05, 3.63) is 58.3 Å². The summed E-state index contributed by atoms with van der Waals surface area (Å²) in [5, 5.41) is 5.78. The van der Waals surface area contributed by atoms with Crippen molar-refractivity contribution in [2.45, 2.75) is 31.8 Å². The van der Waals surface area contributed by atoms with Crippen LogP contribution in [0.1, 0.15) is 23.8 Å². The maximum absolute atomic E-state index is 6.05. The molecule has 0 saturated carbocycles. The molecule has 1 heterocycles. The lowest BCUT2D eigenvalue weighted by Gasteiger charge is -2.33. The summed E-state index contributed by atoms with van der Waals surface area (Å²) in [7, 11) is 0. The molecule has 1 unspecified atom stereocenters. The fraction of sp³-hybridized carbons (Fsp3) is 0.375. The first-order valence-corrected chi connectivity index (χ1v) is 7.67. The summed E-state index contributed by atoms with van der Waals surface area (Å²) in [5.74, 6) is 0. The molecule has 0 bridgehead atoms. The van der Waals surface area contributed by atoms with Crippen LogP contribution in [0.3, 0.4) is 0 Å². The van der Waals surface area contributed by atoms with Crippen molar-refractivity contribution >= 4 is 11.3 Å². The molecule has 0 spiro atoms. The first kappa shape index (κ1) is 14.3. The smallest absolute Gasteiger partial charge is 0.0345 e. The summed E-state index contributed by atoms with van der Waals surface area (Å²) < 4.78 is 0. The Morgan fingerprint density at radius 1 is 1.16 bits per heavy atom. The second kappa shape index (κ2) is 6.85. The monoisotopic (exact) mass is 274 g/mol. The van der Waals surface area contributed by atoms with Crippen LogP contribution in [0.5, 0.6) is 0 Å². The highest BCUT2D eigenvalue weighted by Crippen LogP contribution is 2.18. The van der Waals surface area contributed by atoms with E-state index < -0.39 is 0 Å². The van der Waals surface area contributed by atoms with Crippen LogP contribution in [0.2, 0.25) is 0 Å². The molecule has 1 atom stereocenters. The van der Waals surface area contributed by atoms with Gasteiger partial charge in [0, 0.05) is 23.5 Å². The van der Waals surface area contributed by atoms with Gasteiger partial charge < -0.3 is 11.1 Å². The maximum Gasteiger partial charge on any atom is 0.0345 e. The number of hydrogen-bond donors (Lipinski definition) is 2. The summed E-state index contributed by atoms with van der Waals surface area (Å²) in [6, 6.07) is 14.8. The van der Waals surface area contributed by atoms with E-state index in [0.717, 1.165) is 19.4 Å². The van der Waals surface area contributed by atoms with E-state index in [-0.39, 0.29) is 5.54 Å².